The van der Waals surface area contributed by atoms with Gasteiger partial charge in [0.15, 0.2) is 0 Å². The topological polar surface area (TPSA) is 47.9 Å². The van der Waals surface area contributed by atoms with Gasteiger partial charge in [-0.05, 0) is 45.8 Å². The van der Waals surface area contributed by atoms with Gasteiger partial charge in [0.25, 0.3) is 0 Å². The van der Waals surface area contributed by atoms with Crippen LogP contribution in [-0.2, 0) is 0 Å². The van der Waals surface area contributed by atoms with Gasteiger partial charge in [0.1, 0.15) is 17.2 Å². The zero-order valence-electron chi connectivity index (χ0n) is 13.9. The molecule has 0 bridgehead atoms. The Kier molecular flexibility index (Phi) is 3.47. The normalized spacial score (nSPS) is 12.5. The zero-order chi connectivity index (χ0) is 17.5. The quantitative estimate of drug-likeness (QED) is 0.559. The van der Waals surface area contributed by atoms with Gasteiger partial charge in [0, 0.05) is 11.1 Å². The molecule has 0 amide bonds. The standard InChI is InChI=1S/C21H15BO4/c23-22-26-15-7-8-17-14(11-15)6-10-19-21(17)20-16-4-2-1-3-13(16)5-9-18(20)24-12-25-19/h1-11,22-23H,12H2. The lowest BCUT2D eigenvalue weighted by atomic mass is 9.92. The Bertz CT molecular complexity index is 1140. The molecule has 4 nitrogen and oxygen atoms in total. The fourth-order valence-electron chi connectivity index (χ4n) is 3.62. The van der Waals surface area contributed by atoms with Crippen LogP contribution in [0.25, 0.3) is 32.7 Å². The maximum Gasteiger partial charge on any atom is 0.504 e. The lowest BCUT2D eigenvalue weighted by Crippen LogP contribution is -2.03. The second kappa shape index (κ2) is 5.97. The van der Waals surface area contributed by atoms with Crippen molar-refractivity contribution < 1.29 is 19.2 Å². The van der Waals surface area contributed by atoms with Crippen molar-refractivity contribution in [1.29, 1.82) is 0 Å². The first-order valence-corrected chi connectivity index (χ1v) is 8.43. The van der Waals surface area contributed by atoms with Crippen LogP contribution in [0.1, 0.15) is 0 Å². The molecular weight excluding hydrogens is 327 g/mol. The number of benzene rings is 4. The van der Waals surface area contributed by atoms with Gasteiger partial charge >= 0.3 is 7.69 Å². The highest BCUT2D eigenvalue weighted by Gasteiger charge is 2.21. The predicted octanol–water partition coefficient (Wildman–Crippen LogP) is 4.03. The average Bonchev–Trinajstić information content (AvgIpc) is 2.87. The van der Waals surface area contributed by atoms with E-state index in [1.54, 1.807) is 0 Å². The monoisotopic (exact) mass is 342 g/mol. The van der Waals surface area contributed by atoms with Crippen molar-refractivity contribution in [3.8, 4) is 28.4 Å². The molecule has 0 atom stereocenters. The summed E-state index contributed by atoms with van der Waals surface area (Å²) in [4.78, 5) is 0. The van der Waals surface area contributed by atoms with E-state index in [4.69, 9.17) is 19.2 Å². The Hall–Kier alpha value is -3.18. The van der Waals surface area contributed by atoms with E-state index >= 15 is 0 Å². The molecule has 0 aromatic heterocycles. The van der Waals surface area contributed by atoms with Crippen molar-refractivity contribution >= 4 is 29.2 Å². The minimum Gasteiger partial charge on any atom is -0.539 e. The van der Waals surface area contributed by atoms with E-state index in [0.717, 1.165) is 44.2 Å². The Morgan fingerprint density at radius 1 is 0.769 bits per heavy atom. The van der Waals surface area contributed by atoms with Gasteiger partial charge in [0.05, 0.1) is 0 Å². The molecule has 126 valence electrons. The Morgan fingerprint density at radius 3 is 2.23 bits per heavy atom. The molecule has 26 heavy (non-hydrogen) atoms. The second-order valence-corrected chi connectivity index (χ2v) is 6.16. The van der Waals surface area contributed by atoms with Gasteiger partial charge < -0.3 is 19.2 Å². The molecule has 0 radical (unpaired) electrons. The third-order valence-corrected chi connectivity index (χ3v) is 4.75. The minimum absolute atomic E-state index is 0.176. The first-order chi connectivity index (χ1) is 12.8. The third-order valence-electron chi connectivity index (χ3n) is 4.75. The summed E-state index contributed by atoms with van der Waals surface area (Å²) >= 11 is 0. The molecular formula is C21H15BO4. The van der Waals surface area contributed by atoms with E-state index in [2.05, 4.69) is 18.2 Å². The summed E-state index contributed by atoms with van der Waals surface area (Å²) in [6.07, 6.45) is 0. The van der Waals surface area contributed by atoms with Crippen LogP contribution in [0.2, 0.25) is 0 Å². The highest BCUT2D eigenvalue weighted by Crippen LogP contribution is 2.47. The number of fused-ring (bicyclic) bond motifs is 7. The van der Waals surface area contributed by atoms with E-state index in [9.17, 15) is 0 Å². The van der Waals surface area contributed by atoms with Crippen molar-refractivity contribution in [2.75, 3.05) is 6.79 Å². The molecule has 1 aliphatic rings. The van der Waals surface area contributed by atoms with Crippen molar-refractivity contribution in [2.45, 2.75) is 0 Å². The third kappa shape index (κ3) is 2.29. The van der Waals surface area contributed by atoms with E-state index in [0.29, 0.717) is 5.75 Å². The van der Waals surface area contributed by atoms with E-state index in [1.807, 2.05) is 48.5 Å². The van der Waals surface area contributed by atoms with Crippen molar-refractivity contribution in [3.05, 3.63) is 66.7 Å². The minimum atomic E-state index is -0.346. The molecule has 0 unspecified atom stereocenters. The largest absolute Gasteiger partial charge is 0.539 e. The van der Waals surface area contributed by atoms with Gasteiger partial charge in [-0.1, -0.05) is 42.5 Å². The summed E-state index contributed by atoms with van der Waals surface area (Å²) < 4.78 is 17.0. The molecule has 1 heterocycles. The molecule has 0 saturated heterocycles. The van der Waals surface area contributed by atoms with Gasteiger partial charge in [-0.15, -0.1) is 0 Å². The van der Waals surface area contributed by atoms with Crippen molar-refractivity contribution in [1.82, 2.24) is 0 Å². The Balaban J connectivity index is 1.88. The number of rotatable bonds is 2. The van der Waals surface area contributed by atoms with Crippen LogP contribution in [0.4, 0.5) is 0 Å². The molecule has 0 aliphatic carbocycles. The molecule has 1 aliphatic heterocycles. The molecule has 4 aromatic rings. The smallest absolute Gasteiger partial charge is 0.504 e. The number of hydrogen-bond donors (Lipinski definition) is 1. The molecule has 0 saturated carbocycles. The first kappa shape index (κ1) is 15.1. The van der Waals surface area contributed by atoms with Crippen LogP contribution in [-0.4, -0.2) is 19.5 Å². The molecule has 1 N–H and O–H groups in total. The summed E-state index contributed by atoms with van der Waals surface area (Å²) in [5.41, 5.74) is 2.05. The Morgan fingerprint density at radius 2 is 1.46 bits per heavy atom. The molecule has 5 heteroatoms. The zero-order valence-corrected chi connectivity index (χ0v) is 13.9. The molecule has 4 aromatic carbocycles. The summed E-state index contributed by atoms with van der Waals surface area (Å²) in [5.74, 6) is 2.23. The fourth-order valence-corrected chi connectivity index (χ4v) is 3.62. The van der Waals surface area contributed by atoms with E-state index in [-0.39, 0.29) is 14.5 Å². The average molecular weight is 342 g/mol. The van der Waals surface area contributed by atoms with Crippen molar-refractivity contribution in [2.24, 2.45) is 0 Å². The Labute approximate surface area is 150 Å². The summed E-state index contributed by atoms with van der Waals surface area (Å²) in [6, 6.07) is 22.1. The van der Waals surface area contributed by atoms with Crippen LogP contribution < -0.4 is 14.1 Å². The van der Waals surface area contributed by atoms with Crippen LogP contribution in [0.15, 0.2) is 66.7 Å². The number of hydrogen-bond acceptors (Lipinski definition) is 4. The van der Waals surface area contributed by atoms with Crippen LogP contribution in [0.5, 0.6) is 17.2 Å². The summed E-state index contributed by atoms with van der Waals surface area (Å²) in [7, 11) is -0.346. The van der Waals surface area contributed by atoms with E-state index in [1.165, 1.54) is 0 Å². The van der Waals surface area contributed by atoms with Crippen LogP contribution in [0.3, 0.4) is 0 Å². The van der Waals surface area contributed by atoms with Crippen LogP contribution >= 0.6 is 0 Å². The highest BCUT2D eigenvalue weighted by atomic mass is 16.7. The number of ether oxygens (including phenoxy) is 2. The maximum atomic E-state index is 9.01. The molecule has 5 rings (SSSR count). The second-order valence-electron chi connectivity index (χ2n) is 6.16. The SMILES string of the molecule is OBOc1ccc2c3c(ccc2c1)OCOc1ccc2ccccc2c1-3. The van der Waals surface area contributed by atoms with Gasteiger partial charge in [-0.3, -0.25) is 0 Å². The lowest BCUT2D eigenvalue weighted by molar-refractivity contribution is 0.125. The predicted molar refractivity (Wildman–Crippen MR) is 103 cm³/mol. The first-order valence-electron chi connectivity index (χ1n) is 8.43. The van der Waals surface area contributed by atoms with Gasteiger partial charge in [-0.2, -0.15) is 0 Å². The summed E-state index contributed by atoms with van der Waals surface area (Å²) in [5, 5.41) is 13.4. The van der Waals surface area contributed by atoms with Crippen molar-refractivity contribution in [3.63, 3.8) is 0 Å². The van der Waals surface area contributed by atoms with Gasteiger partial charge in [0.2, 0.25) is 6.79 Å². The maximum absolute atomic E-state index is 9.01. The molecule has 0 fully saturated rings. The van der Waals surface area contributed by atoms with Crippen LogP contribution in [0, 0.1) is 0 Å². The molecule has 0 spiro atoms. The van der Waals surface area contributed by atoms with E-state index < -0.39 is 0 Å². The lowest BCUT2D eigenvalue weighted by Gasteiger charge is -2.14. The van der Waals surface area contributed by atoms with Gasteiger partial charge in [-0.25, -0.2) is 0 Å². The highest BCUT2D eigenvalue weighted by molar-refractivity contribution is 6.17. The fraction of sp³-hybridized carbons (Fsp3) is 0.0476. The summed E-state index contributed by atoms with van der Waals surface area (Å²) in [6.45, 7) is 0.176.